The highest BCUT2D eigenvalue weighted by molar-refractivity contribution is 5.96. The van der Waals surface area contributed by atoms with E-state index < -0.39 is 23.4 Å². The van der Waals surface area contributed by atoms with Crippen LogP contribution in [-0.2, 0) is 32.4 Å². The third kappa shape index (κ3) is 6.06. The molecule has 1 aromatic rings. The van der Waals surface area contributed by atoms with E-state index in [1.54, 1.807) is 43.4 Å². The first-order valence-corrected chi connectivity index (χ1v) is 12.4. The number of likely N-dealkylation sites (tertiary alicyclic amines) is 1. The molecule has 6 nitrogen and oxygen atoms in total. The van der Waals surface area contributed by atoms with E-state index in [0.717, 1.165) is 0 Å². The van der Waals surface area contributed by atoms with Gasteiger partial charge in [0.15, 0.2) is 0 Å². The van der Waals surface area contributed by atoms with Crippen LogP contribution < -0.4 is 5.32 Å². The molecule has 0 radical (unpaired) electrons. The number of hydrogen-bond acceptors (Lipinski definition) is 4. The van der Waals surface area contributed by atoms with Crippen LogP contribution in [0.4, 0.5) is 13.2 Å². The van der Waals surface area contributed by atoms with Gasteiger partial charge in [0.2, 0.25) is 0 Å². The van der Waals surface area contributed by atoms with Crippen LogP contribution in [-0.4, -0.2) is 61.4 Å². The standard InChI is InChI=1S/C27H38F3N3O3/c1-18(2)36-21-8-7-20(15-22(16-21)35-6)25(34)32-13-11-26(4,19(3)17-32)23-9-10-24(27(28,29)30)33(23)14-12-31-5/h7-10,15-16,18-19,22,31H,11-14,17H2,1-6H3. The fourth-order valence-corrected chi connectivity index (χ4v) is 4.96. The summed E-state index contributed by atoms with van der Waals surface area (Å²) in [6.07, 6.45) is 2.82. The molecule has 0 saturated carbocycles. The number of rotatable bonds is 8. The quantitative estimate of drug-likeness (QED) is 0.553. The van der Waals surface area contributed by atoms with Crippen molar-refractivity contribution in [2.75, 3.05) is 33.8 Å². The molecule has 3 unspecified atom stereocenters. The smallest absolute Gasteiger partial charge is 0.431 e. The summed E-state index contributed by atoms with van der Waals surface area (Å²) in [5.74, 6) is 0.465. The third-order valence-electron chi connectivity index (χ3n) is 7.20. The molecule has 1 aliphatic carbocycles. The average molecular weight is 510 g/mol. The Kier molecular flexibility index (Phi) is 8.77. The summed E-state index contributed by atoms with van der Waals surface area (Å²) in [6, 6.07) is 2.78. The maximum Gasteiger partial charge on any atom is 0.431 e. The van der Waals surface area contributed by atoms with E-state index in [-0.39, 0.29) is 24.5 Å². The predicted molar refractivity (Wildman–Crippen MR) is 133 cm³/mol. The van der Waals surface area contributed by atoms with Gasteiger partial charge in [-0.2, -0.15) is 13.2 Å². The lowest BCUT2D eigenvalue weighted by molar-refractivity contribution is -0.143. The second-order valence-electron chi connectivity index (χ2n) is 10.1. The van der Waals surface area contributed by atoms with E-state index in [4.69, 9.17) is 9.47 Å². The molecule has 200 valence electrons. The van der Waals surface area contributed by atoms with Crippen molar-refractivity contribution >= 4 is 5.91 Å². The summed E-state index contributed by atoms with van der Waals surface area (Å²) in [5.41, 5.74) is 0.0349. The number of likely N-dealkylation sites (N-methyl/N-ethyl adjacent to an activating group) is 1. The summed E-state index contributed by atoms with van der Waals surface area (Å²) < 4.78 is 53.8. The molecule has 1 N–H and O–H groups in total. The van der Waals surface area contributed by atoms with E-state index in [1.807, 2.05) is 33.8 Å². The Morgan fingerprint density at radius 1 is 1.25 bits per heavy atom. The van der Waals surface area contributed by atoms with Crippen molar-refractivity contribution in [3.05, 3.63) is 59.2 Å². The van der Waals surface area contributed by atoms with Gasteiger partial charge >= 0.3 is 6.18 Å². The van der Waals surface area contributed by atoms with E-state index >= 15 is 0 Å². The van der Waals surface area contributed by atoms with Crippen molar-refractivity contribution in [2.24, 2.45) is 5.92 Å². The van der Waals surface area contributed by atoms with E-state index in [1.165, 1.54) is 10.6 Å². The first-order valence-electron chi connectivity index (χ1n) is 12.4. The number of amides is 1. The van der Waals surface area contributed by atoms with Crippen LogP contribution in [0.15, 0.2) is 47.8 Å². The Labute approximate surface area is 211 Å². The second kappa shape index (κ2) is 11.3. The lowest BCUT2D eigenvalue weighted by atomic mass is 9.70. The number of methoxy groups -OCH3 is 1. The van der Waals surface area contributed by atoms with Gasteiger partial charge in [-0.25, -0.2) is 0 Å². The number of carbonyl (C=O) groups is 1. The molecular formula is C27H38F3N3O3. The molecule has 9 heteroatoms. The molecule has 0 bridgehead atoms. The van der Waals surface area contributed by atoms with Gasteiger partial charge in [-0.05, 0) is 69.7 Å². The zero-order valence-electron chi connectivity index (χ0n) is 22.0. The van der Waals surface area contributed by atoms with Gasteiger partial charge in [0, 0.05) is 50.0 Å². The van der Waals surface area contributed by atoms with Crippen molar-refractivity contribution in [2.45, 2.75) is 64.5 Å². The van der Waals surface area contributed by atoms with Crippen molar-refractivity contribution in [1.29, 1.82) is 0 Å². The molecular weight excluding hydrogens is 471 g/mol. The number of ether oxygens (including phenoxy) is 2. The molecule has 1 aromatic heterocycles. The van der Waals surface area contributed by atoms with E-state index in [9.17, 15) is 18.0 Å². The monoisotopic (exact) mass is 509 g/mol. The topological polar surface area (TPSA) is 55.7 Å². The fourth-order valence-electron chi connectivity index (χ4n) is 4.96. The molecule has 1 fully saturated rings. The predicted octanol–water partition coefficient (Wildman–Crippen LogP) is 4.67. The maximum absolute atomic E-state index is 13.7. The van der Waals surface area contributed by atoms with E-state index in [2.05, 4.69) is 5.32 Å². The molecule has 2 aliphatic rings. The highest BCUT2D eigenvalue weighted by atomic mass is 19.4. The van der Waals surface area contributed by atoms with Crippen LogP contribution in [0, 0.1) is 5.92 Å². The molecule has 3 rings (SSSR count). The molecule has 1 aliphatic heterocycles. The van der Waals surface area contributed by atoms with E-state index in [0.29, 0.717) is 43.1 Å². The van der Waals surface area contributed by atoms with Gasteiger partial charge in [0.25, 0.3) is 5.91 Å². The minimum absolute atomic E-state index is 0.0128. The van der Waals surface area contributed by atoms with Crippen molar-refractivity contribution in [3.63, 3.8) is 0 Å². The molecule has 0 aromatic carbocycles. The second-order valence-corrected chi connectivity index (χ2v) is 10.1. The molecule has 3 atom stereocenters. The first-order chi connectivity index (χ1) is 16.9. The van der Waals surface area contributed by atoms with Gasteiger partial charge in [0.05, 0.1) is 12.2 Å². The number of halogens is 3. The minimum atomic E-state index is -4.43. The third-order valence-corrected chi connectivity index (χ3v) is 7.20. The molecule has 0 spiro atoms. The van der Waals surface area contributed by atoms with Crippen molar-refractivity contribution < 1.29 is 27.4 Å². The molecule has 1 amide bonds. The number of alkyl halides is 3. The van der Waals surface area contributed by atoms with Crippen LogP contribution in [0.2, 0.25) is 0 Å². The molecule has 36 heavy (non-hydrogen) atoms. The van der Waals surface area contributed by atoms with Crippen LogP contribution in [0.3, 0.4) is 0 Å². The summed E-state index contributed by atoms with van der Waals surface area (Å²) >= 11 is 0. The van der Waals surface area contributed by atoms with Crippen molar-refractivity contribution in [1.82, 2.24) is 14.8 Å². The minimum Gasteiger partial charge on any atom is -0.491 e. The SMILES string of the molecule is CNCCn1c(C(F)(F)F)ccc1C1(C)CCN(C(=O)C2=CC(OC)C=C(OC(C)C)C=C2)CC1C. The Balaban J connectivity index is 1.81. The van der Waals surface area contributed by atoms with Gasteiger partial charge in [-0.3, -0.25) is 4.79 Å². The number of nitrogens with one attached hydrogen (secondary N) is 1. The van der Waals surface area contributed by atoms with Gasteiger partial charge in [0.1, 0.15) is 11.5 Å². The highest BCUT2D eigenvalue weighted by Crippen LogP contribution is 2.42. The number of carbonyl (C=O) groups excluding carboxylic acids is 1. The zero-order valence-corrected chi connectivity index (χ0v) is 22.0. The number of hydrogen-bond donors (Lipinski definition) is 1. The summed E-state index contributed by atoms with van der Waals surface area (Å²) in [5, 5.41) is 2.95. The number of piperidine rings is 1. The number of aromatic nitrogens is 1. The van der Waals surface area contributed by atoms with Gasteiger partial charge < -0.3 is 24.3 Å². The van der Waals surface area contributed by atoms with Gasteiger partial charge in [-0.15, -0.1) is 0 Å². The normalized spacial score (nSPS) is 25.0. The zero-order chi connectivity index (χ0) is 26.7. The van der Waals surface area contributed by atoms with Crippen LogP contribution in [0.5, 0.6) is 0 Å². The average Bonchev–Trinajstić information content (AvgIpc) is 3.15. The Morgan fingerprint density at radius 3 is 2.56 bits per heavy atom. The number of nitrogens with zero attached hydrogens (tertiary/aromatic N) is 2. The first kappa shape index (κ1) is 28.1. The Morgan fingerprint density at radius 2 is 1.97 bits per heavy atom. The Bertz CT molecular complexity index is 1030. The van der Waals surface area contributed by atoms with Crippen LogP contribution >= 0.6 is 0 Å². The number of allylic oxidation sites excluding steroid dienone is 1. The summed E-state index contributed by atoms with van der Waals surface area (Å²) in [4.78, 5) is 15.2. The Hall–Kier alpha value is -2.52. The summed E-state index contributed by atoms with van der Waals surface area (Å²) in [6.45, 7) is 9.42. The lowest BCUT2D eigenvalue weighted by Gasteiger charge is -2.45. The lowest BCUT2D eigenvalue weighted by Crippen LogP contribution is -2.50. The van der Waals surface area contributed by atoms with Crippen LogP contribution in [0.1, 0.15) is 45.5 Å². The van der Waals surface area contributed by atoms with Crippen molar-refractivity contribution in [3.8, 4) is 0 Å². The fraction of sp³-hybridized carbons (Fsp3) is 0.593. The molecule has 2 heterocycles. The molecule has 1 saturated heterocycles. The maximum atomic E-state index is 13.7. The highest BCUT2D eigenvalue weighted by Gasteiger charge is 2.44. The van der Waals surface area contributed by atoms with Crippen LogP contribution in [0.25, 0.3) is 0 Å². The largest absolute Gasteiger partial charge is 0.491 e. The summed E-state index contributed by atoms with van der Waals surface area (Å²) in [7, 11) is 3.30. The van der Waals surface area contributed by atoms with Gasteiger partial charge in [-0.1, -0.05) is 13.8 Å².